The van der Waals surface area contributed by atoms with Crippen LogP contribution in [0.1, 0.15) is 5.56 Å². The molecule has 0 N–H and O–H groups in total. The van der Waals surface area contributed by atoms with Gasteiger partial charge in [0, 0.05) is 61.5 Å². The fourth-order valence-electron chi connectivity index (χ4n) is 2.41. The highest BCUT2D eigenvalue weighted by atomic mass is 127. The normalized spacial score (nSPS) is 15.8. The molecular weight excluding hydrogens is 395 g/mol. The predicted octanol–water partition coefficient (Wildman–Crippen LogP) is 1.85. The molecule has 2 heterocycles. The van der Waals surface area contributed by atoms with Crippen molar-refractivity contribution < 1.29 is 9.63 Å². The summed E-state index contributed by atoms with van der Waals surface area (Å²) in [5.41, 5.74) is 1.30. The van der Waals surface area contributed by atoms with E-state index >= 15 is 0 Å². The number of aromatic nitrogens is 2. The first kappa shape index (κ1) is 15.3. The van der Waals surface area contributed by atoms with Gasteiger partial charge in [-0.25, -0.2) is 9.78 Å². The number of benzene rings is 1. The van der Waals surface area contributed by atoms with Gasteiger partial charge in [-0.15, -0.1) is 0 Å². The summed E-state index contributed by atoms with van der Waals surface area (Å²) in [7, 11) is 0. The van der Waals surface area contributed by atoms with E-state index in [9.17, 15) is 4.79 Å². The van der Waals surface area contributed by atoms with Crippen LogP contribution in [0.3, 0.4) is 0 Å². The van der Waals surface area contributed by atoms with Crippen molar-refractivity contribution in [1.29, 1.82) is 0 Å². The van der Waals surface area contributed by atoms with Crippen molar-refractivity contribution in [3.05, 3.63) is 52.1 Å². The van der Waals surface area contributed by atoms with E-state index in [-0.39, 0.29) is 6.09 Å². The van der Waals surface area contributed by atoms with Gasteiger partial charge in [-0.2, -0.15) is 4.73 Å². The van der Waals surface area contributed by atoms with E-state index in [1.807, 2.05) is 28.7 Å². The average Bonchev–Trinajstić information content (AvgIpc) is 2.94. The number of rotatable bonds is 3. The second kappa shape index (κ2) is 7.10. The Morgan fingerprint density at radius 1 is 1.18 bits per heavy atom. The predicted molar refractivity (Wildman–Crippen MR) is 90.2 cm³/mol. The van der Waals surface area contributed by atoms with Crippen LogP contribution >= 0.6 is 22.6 Å². The Bertz CT molecular complexity index is 623. The molecule has 1 amide bonds. The van der Waals surface area contributed by atoms with E-state index in [1.54, 1.807) is 17.3 Å². The lowest BCUT2D eigenvalue weighted by Crippen LogP contribution is -2.50. The van der Waals surface area contributed by atoms with Gasteiger partial charge in [0.15, 0.2) is 0 Å². The molecule has 0 saturated carbocycles. The lowest BCUT2D eigenvalue weighted by atomic mass is 10.2. The molecule has 0 atom stereocenters. The van der Waals surface area contributed by atoms with Crippen molar-refractivity contribution in [1.82, 2.24) is 19.5 Å². The number of amides is 1. The minimum atomic E-state index is -0.324. The summed E-state index contributed by atoms with van der Waals surface area (Å²) in [5.74, 6) is 0. The number of nitrogens with zero attached hydrogens (tertiary/aromatic N) is 4. The number of halogens is 1. The maximum absolute atomic E-state index is 12.1. The third-order valence-corrected chi connectivity index (χ3v) is 4.37. The molecule has 0 radical (unpaired) electrons. The molecule has 0 unspecified atom stereocenters. The molecule has 0 bridgehead atoms. The Morgan fingerprint density at radius 3 is 2.55 bits per heavy atom. The topological polar surface area (TPSA) is 50.6 Å². The molecular formula is C15H17IN4O2. The maximum atomic E-state index is 12.1. The van der Waals surface area contributed by atoms with Crippen LogP contribution < -0.4 is 4.84 Å². The molecule has 1 aliphatic rings. The lowest BCUT2D eigenvalue weighted by Gasteiger charge is -2.33. The van der Waals surface area contributed by atoms with Crippen LogP contribution in [0.25, 0.3) is 0 Å². The largest absolute Gasteiger partial charge is 0.434 e. The van der Waals surface area contributed by atoms with Crippen molar-refractivity contribution in [2.45, 2.75) is 6.54 Å². The van der Waals surface area contributed by atoms with Gasteiger partial charge in [0.1, 0.15) is 0 Å². The number of carbonyl (C=O) groups excluding carboxylic acids is 1. The zero-order valence-corrected chi connectivity index (χ0v) is 14.2. The first-order chi connectivity index (χ1) is 10.7. The first-order valence-corrected chi connectivity index (χ1v) is 8.22. The maximum Gasteiger partial charge on any atom is 0.434 e. The summed E-state index contributed by atoms with van der Waals surface area (Å²) in [6, 6.07) is 10.4. The smallest absolute Gasteiger partial charge is 0.315 e. The number of hydrogen-bond acceptors (Lipinski definition) is 4. The van der Waals surface area contributed by atoms with Crippen molar-refractivity contribution in [3.8, 4) is 0 Å². The zero-order valence-electron chi connectivity index (χ0n) is 12.1. The summed E-state index contributed by atoms with van der Waals surface area (Å²) in [6.45, 7) is 3.98. The van der Waals surface area contributed by atoms with Crippen molar-refractivity contribution in [2.75, 3.05) is 26.2 Å². The minimum Gasteiger partial charge on any atom is -0.315 e. The fourth-order valence-corrected chi connectivity index (χ4v) is 2.83. The molecule has 6 nitrogen and oxygen atoms in total. The molecule has 1 aliphatic heterocycles. The summed E-state index contributed by atoms with van der Waals surface area (Å²) in [5, 5.41) is 0. The van der Waals surface area contributed by atoms with Crippen LogP contribution in [0, 0.1) is 3.83 Å². The monoisotopic (exact) mass is 412 g/mol. The highest BCUT2D eigenvalue weighted by molar-refractivity contribution is 14.1. The molecule has 2 aromatic rings. The number of hydrogen-bond donors (Lipinski definition) is 0. The van der Waals surface area contributed by atoms with E-state index < -0.39 is 0 Å². The van der Waals surface area contributed by atoms with E-state index in [0.717, 1.165) is 19.6 Å². The average molecular weight is 412 g/mol. The quantitative estimate of drug-likeness (QED) is 0.723. The Balaban J connectivity index is 1.49. The Hall–Kier alpha value is -1.61. The SMILES string of the molecule is O=C(On1ccnc1I)N1CCN(Cc2ccccc2)CC1. The third kappa shape index (κ3) is 3.77. The molecule has 22 heavy (non-hydrogen) atoms. The van der Waals surface area contributed by atoms with Gasteiger partial charge in [-0.1, -0.05) is 30.3 Å². The molecule has 7 heteroatoms. The van der Waals surface area contributed by atoms with E-state index in [4.69, 9.17) is 4.84 Å². The number of imidazole rings is 1. The van der Waals surface area contributed by atoms with Crippen LogP contribution in [0.4, 0.5) is 4.79 Å². The zero-order chi connectivity index (χ0) is 15.4. The lowest BCUT2D eigenvalue weighted by molar-refractivity contribution is 0.0657. The van der Waals surface area contributed by atoms with Crippen molar-refractivity contribution in [2.24, 2.45) is 0 Å². The standard InChI is InChI=1S/C15H17IN4O2/c16-14-17-6-7-20(14)22-15(21)19-10-8-18(9-11-19)12-13-4-2-1-3-5-13/h1-7H,8-12H2. The Labute approximate surface area is 142 Å². The van der Waals surface area contributed by atoms with E-state index in [0.29, 0.717) is 16.9 Å². The van der Waals surface area contributed by atoms with Crippen molar-refractivity contribution >= 4 is 28.7 Å². The number of carbonyl (C=O) groups is 1. The van der Waals surface area contributed by atoms with Gasteiger partial charge in [0.05, 0.1) is 6.20 Å². The van der Waals surface area contributed by atoms with Gasteiger partial charge >= 0.3 is 6.09 Å². The van der Waals surface area contributed by atoms with Gasteiger partial charge in [0.2, 0.25) is 3.83 Å². The summed E-state index contributed by atoms with van der Waals surface area (Å²) in [4.78, 5) is 25.5. The van der Waals surface area contributed by atoms with E-state index in [1.165, 1.54) is 10.3 Å². The van der Waals surface area contributed by atoms with Gasteiger partial charge < -0.3 is 9.74 Å². The van der Waals surface area contributed by atoms with Crippen LogP contribution in [0.15, 0.2) is 42.7 Å². The van der Waals surface area contributed by atoms with Gasteiger partial charge in [-0.05, 0) is 5.56 Å². The van der Waals surface area contributed by atoms with Crippen LogP contribution in [-0.2, 0) is 6.54 Å². The second-order valence-corrected chi connectivity index (χ2v) is 6.09. The van der Waals surface area contributed by atoms with E-state index in [2.05, 4.69) is 34.1 Å². The Morgan fingerprint density at radius 2 is 1.91 bits per heavy atom. The second-order valence-electron chi connectivity index (χ2n) is 5.13. The molecule has 1 aromatic carbocycles. The summed E-state index contributed by atoms with van der Waals surface area (Å²) < 4.78 is 2.02. The molecule has 1 fully saturated rings. The van der Waals surface area contributed by atoms with Gasteiger partial charge in [0.25, 0.3) is 0 Å². The highest BCUT2D eigenvalue weighted by Gasteiger charge is 2.23. The fraction of sp³-hybridized carbons (Fsp3) is 0.333. The van der Waals surface area contributed by atoms with Crippen LogP contribution in [0.2, 0.25) is 0 Å². The van der Waals surface area contributed by atoms with Gasteiger partial charge in [-0.3, -0.25) is 4.90 Å². The number of piperazine rings is 1. The summed E-state index contributed by atoms with van der Waals surface area (Å²) >= 11 is 2.02. The first-order valence-electron chi connectivity index (χ1n) is 7.15. The molecule has 0 spiro atoms. The minimum absolute atomic E-state index is 0.324. The van der Waals surface area contributed by atoms with Crippen molar-refractivity contribution in [3.63, 3.8) is 0 Å². The molecule has 0 aliphatic carbocycles. The molecule has 3 rings (SSSR count). The molecule has 1 saturated heterocycles. The highest BCUT2D eigenvalue weighted by Crippen LogP contribution is 2.09. The van der Waals surface area contributed by atoms with Crippen LogP contribution in [-0.4, -0.2) is 51.8 Å². The molecule has 116 valence electrons. The summed E-state index contributed by atoms with van der Waals surface area (Å²) in [6.07, 6.45) is 2.91. The third-order valence-electron chi connectivity index (χ3n) is 3.62. The molecule has 1 aromatic heterocycles. The Kier molecular flexibility index (Phi) is 4.94. The van der Waals surface area contributed by atoms with Crippen LogP contribution in [0.5, 0.6) is 0 Å².